The second kappa shape index (κ2) is 5.96. The summed E-state index contributed by atoms with van der Waals surface area (Å²) in [7, 11) is -3.95. The first-order valence-electron chi connectivity index (χ1n) is 7.55. The summed E-state index contributed by atoms with van der Waals surface area (Å²) in [5.74, 6) is -0.721. The van der Waals surface area contributed by atoms with Crippen molar-refractivity contribution in [2.45, 2.75) is 50.0 Å². The number of nitrogens with zero attached hydrogens (tertiary/aromatic N) is 1. The molecule has 0 saturated heterocycles. The molecule has 1 aliphatic carbocycles. The molecule has 23 heavy (non-hydrogen) atoms. The Morgan fingerprint density at radius 2 is 1.96 bits per heavy atom. The maximum atomic E-state index is 14.1. The van der Waals surface area contributed by atoms with Crippen molar-refractivity contribution in [2.75, 3.05) is 0 Å². The van der Waals surface area contributed by atoms with E-state index >= 15 is 0 Å². The van der Waals surface area contributed by atoms with Gasteiger partial charge in [-0.1, -0.05) is 18.9 Å². The van der Waals surface area contributed by atoms with Crippen molar-refractivity contribution in [2.24, 2.45) is 0 Å². The van der Waals surface area contributed by atoms with E-state index in [9.17, 15) is 12.8 Å². The fourth-order valence-corrected chi connectivity index (χ4v) is 5.61. The standard InChI is InChI=1S/C16H19FN2O2S2/c1-11-5-6-14(13(17)9-11)23(20,21)19-16(7-3-4-8-16)15-18-12(2)10-22-15/h5-6,9-10,19H,3-4,7-8H2,1-2H3. The number of thiazole rings is 1. The Balaban J connectivity index is 2.00. The molecule has 0 atom stereocenters. The smallest absolute Gasteiger partial charge is 0.244 e. The minimum absolute atomic E-state index is 0.303. The number of aromatic nitrogens is 1. The van der Waals surface area contributed by atoms with E-state index in [1.54, 1.807) is 13.0 Å². The van der Waals surface area contributed by atoms with Crippen LogP contribution in [0.1, 0.15) is 41.9 Å². The molecule has 1 aromatic heterocycles. The first-order chi connectivity index (χ1) is 10.8. The molecule has 0 radical (unpaired) electrons. The van der Waals surface area contributed by atoms with Crippen molar-refractivity contribution >= 4 is 21.4 Å². The van der Waals surface area contributed by atoms with Crippen LogP contribution in [0.25, 0.3) is 0 Å². The van der Waals surface area contributed by atoms with Crippen LogP contribution in [0.2, 0.25) is 0 Å². The van der Waals surface area contributed by atoms with E-state index in [0.717, 1.165) is 23.5 Å². The molecule has 1 saturated carbocycles. The minimum Gasteiger partial charge on any atom is -0.245 e. The van der Waals surface area contributed by atoms with Crippen LogP contribution >= 0.6 is 11.3 Å². The topological polar surface area (TPSA) is 59.1 Å². The molecule has 0 unspecified atom stereocenters. The van der Waals surface area contributed by atoms with E-state index in [-0.39, 0.29) is 4.90 Å². The van der Waals surface area contributed by atoms with Crippen LogP contribution in [0.5, 0.6) is 0 Å². The van der Waals surface area contributed by atoms with Crippen molar-refractivity contribution in [3.05, 3.63) is 45.7 Å². The van der Waals surface area contributed by atoms with Gasteiger partial charge in [-0.25, -0.2) is 17.8 Å². The third-order valence-electron chi connectivity index (χ3n) is 4.19. The van der Waals surface area contributed by atoms with Gasteiger partial charge in [0, 0.05) is 11.1 Å². The molecular weight excluding hydrogens is 335 g/mol. The second-order valence-corrected chi connectivity index (χ2v) is 8.63. The average Bonchev–Trinajstić information content (AvgIpc) is 3.08. The molecule has 7 heteroatoms. The molecule has 4 nitrogen and oxygen atoms in total. The van der Waals surface area contributed by atoms with E-state index in [1.165, 1.54) is 23.5 Å². The van der Waals surface area contributed by atoms with Crippen LogP contribution in [0.15, 0.2) is 28.5 Å². The Labute approximate surface area is 139 Å². The maximum Gasteiger partial charge on any atom is 0.244 e. The van der Waals surface area contributed by atoms with Gasteiger partial charge in [0.1, 0.15) is 15.7 Å². The molecule has 1 aromatic carbocycles. The fourth-order valence-electron chi connectivity index (χ4n) is 3.05. The molecular formula is C16H19FN2O2S2. The summed E-state index contributed by atoms with van der Waals surface area (Å²) in [5, 5.41) is 2.68. The van der Waals surface area contributed by atoms with Gasteiger partial charge in [-0.3, -0.25) is 0 Å². The zero-order chi connectivity index (χ0) is 16.7. The van der Waals surface area contributed by atoms with Gasteiger partial charge in [0.2, 0.25) is 10.0 Å². The molecule has 0 amide bonds. The van der Waals surface area contributed by atoms with Crippen LogP contribution in [0.4, 0.5) is 4.39 Å². The van der Waals surface area contributed by atoms with Crippen LogP contribution in [-0.4, -0.2) is 13.4 Å². The molecule has 2 aromatic rings. The molecule has 0 bridgehead atoms. The molecule has 1 N–H and O–H groups in total. The van der Waals surface area contributed by atoms with E-state index in [4.69, 9.17) is 0 Å². The normalized spacial score (nSPS) is 17.5. The number of halogens is 1. The lowest BCUT2D eigenvalue weighted by atomic mass is 10.0. The number of hydrogen-bond acceptors (Lipinski definition) is 4. The summed E-state index contributed by atoms with van der Waals surface area (Å²) in [6.07, 6.45) is 3.23. The fraction of sp³-hybridized carbons (Fsp3) is 0.438. The zero-order valence-corrected chi connectivity index (χ0v) is 14.7. The minimum atomic E-state index is -3.95. The van der Waals surface area contributed by atoms with E-state index in [0.29, 0.717) is 18.4 Å². The van der Waals surface area contributed by atoms with Crippen LogP contribution < -0.4 is 4.72 Å². The Morgan fingerprint density at radius 3 is 2.52 bits per heavy atom. The molecule has 0 aliphatic heterocycles. The Kier molecular flexibility index (Phi) is 4.29. The summed E-state index contributed by atoms with van der Waals surface area (Å²) < 4.78 is 42.3. The summed E-state index contributed by atoms with van der Waals surface area (Å²) in [6, 6.07) is 4.17. The summed E-state index contributed by atoms with van der Waals surface area (Å²) >= 11 is 1.46. The number of benzene rings is 1. The highest BCUT2D eigenvalue weighted by Gasteiger charge is 2.42. The van der Waals surface area contributed by atoms with Crippen molar-refractivity contribution in [1.82, 2.24) is 9.71 Å². The van der Waals surface area contributed by atoms with Gasteiger partial charge in [0.25, 0.3) is 0 Å². The second-order valence-electron chi connectivity index (χ2n) is 6.12. The summed E-state index contributed by atoms with van der Waals surface area (Å²) in [5.41, 5.74) is 0.847. The lowest BCUT2D eigenvalue weighted by molar-refractivity contribution is 0.400. The van der Waals surface area contributed by atoms with Gasteiger partial charge in [-0.15, -0.1) is 11.3 Å². The van der Waals surface area contributed by atoms with Gasteiger partial charge in [-0.05, 0) is 44.4 Å². The largest absolute Gasteiger partial charge is 0.245 e. The lowest BCUT2D eigenvalue weighted by Gasteiger charge is -2.28. The first kappa shape index (κ1) is 16.5. The Hall–Kier alpha value is -1.31. The van der Waals surface area contributed by atoms with Crippen molar-refractivity contribution < 1.29 is 12.8 Å². The SMILES string of the molecule is Cc1ccc(S(=O)(=O)NC2(c3nc(C)cs3)CCCC2)c(F)c1. The number of nitrogens with one attached hydrogen (secondary N) is 1. The predicted octanol–water partition coefficient (Wildman–Crippen LogP) is 3.65. The van der Waals surface area contributed by atoms with E-state index in [1.807, 2.05) is 12.3 Å². The van der Waals surface area contributed by atoms with Crippen molar-refractivity contribution in [3.8, 4) is 0 Å². The highest BCUT2D eigenvalue weighted by Crippen LogP contribution is 2.41. The number of rotatable bonds is 4. The van der Waals surface area contributed by atoms with E-state index < -0.39 is 21.4 Å². The third kappa shape index (κ3) is 3.18. The Morgan fingerprint density at radius 1 is 1.26 bits per heavy atom. The molecule has 0 spiro atoms. The Bertz CT molecular complexity index is 824. The highest BCUT2D eigenvalue weighted by atomic mass is 32.2. The van der Waals surface area contributed by atoms with Gasteiger partial charge in [0.05, 0.1) is 5.54 Å². The molecule has 124 valence electrons. The van der Waals surface area contributed by atoms with Crippen molar-refractivity contribution in [1.29, 1.82) is 0 Å². The quantitative estimate of drug-likeness (QED) is 0.912. The predicted molar refractivity (Wildman–Crippen MR) is 88.5 cm³/mol. The number of aryl methyl sites for hydroxylation is 2. The van der Waals surface area contributed by atoms with Gasteiger partial charge >= 0.3 is 0 Å². The maximum absolute atomic E-state index is 14.1. The lowest BCUT2D eigenvalue weighted by Crippen LogP contribution is -2.43. The van der Waals surface area contributed by atoms with E-state index in [2.05, 4.69) is 9.71 Å². The third-order valence-corrected chi connectivity index (χ3v) is 6.93. The zero-order valence-electron chi connectivity index (χ0n) is 13.1. The van der Waals surface area contributed by atoms with Crippen LogP contribution in [0.3, 0.4) is 0 Å². The summed E-state index contributed by atoms with van der Waals surface area (Å²) in [6.45, 7) is 3.61. The highest BCUT2D eigenvalue weighted by molar-refractivity contribution is 7.89. The number of sulfonamides is 1. The van der Waals surface area contributed by atoms with Gasteiger partial charge in [0.15, 0.2) is 0 Å². The summed E-state index contributed by atoms with van der Waals surface area (Å²) in [4.78, 5) is 4.17. The molecule has 1 aliphatic rings. The molecule has 1 heterocycles. The van der Waals surface area contributed by atoms with Crippen molar-refractivity contribution in [3.63, 3.8) is 0 Å². The van der Waals surface area contributed by atoms with Crippen LogP contribution in [0, 0.1) is 19.7 Å². The van der Waals surface area contributed by atoms with Gasteiger partial charge in [-0.2, -0.15) is 4.72 Å². The van der Waals surface area contributed by atoms with Gasteiger partial charge < -0.3 is 0 Å². The monoisotopic (exact) mass is 354 g/mol. The average molecular weight is 354 g/mol. The molecule has 1 fully saturated rings. The first-order valence-corrected chi connectivity index (χ1v) is 9.91. The van der Waals surface area contributed by atoms with Crippen LogP contribution in [-0.2, 0) is 15.6 Å². The molecule has 3 rings (SSSR count). The number of hydrogen-bond donors (Lipinski definition) is 1.